The zero-order valence-corrected chi connectivity index (χ0v) is 23.1. The van der Waals surface area contributed by atoms with Crippen LogP contribution in [-0.4, -0.2) is 61.9 Å². The van der Waals surface area contributed by atoms with E-state index >= 15 is 0 Å². The smallest absolute Gasteiger partial charge is 0.341 e. The molecule has 210 valence electrons. The van der Waals surface area contributed by atoms with E-state index in [2.05, 4.69) is 0 Å². The highest BCUT2D eigenvalue weighted by Gasteiger charge is 2.35. The second-order valence-corrected chi connectivity index (χ2v) is 12.7. The number of carbonyl (C=O) groups is 1. The van der Waals surface area contributed by atoms with Crippen molar-refractivity contribution < 1.29 is 30.8 Å². The average Bonchev–Trinajstić information content (AvgIpc) is 2.80. The molecular weight excluding hydrogens is 569 g/mol. The lowest BCUT2D eigenvalue weighted by molar-refractivity contribution is -0.140. The molecule has 0 radical (unpaired) electrons. The molecule has 0 saturated carbocycles. The fraction of sp³-hybridized carbons (Fsp3) is 0.480. The summed E-state index contributed by atoms with van der Waals surface area (Å²) in [5.41, 5.74) is 5.64. The highest BCUT2D eigenvalue weighted by Crippen LogP contribution is 2.33. The molecule has 1 heterocycles. The number of amides is 1. The van der Waals surface area contributed by atoms with Gasteiger partial charge in [-0.15, -0.1) is 0 Å². The summed E-state index contributed by atoms with van der Waals surface area (Å²) < 4.78 is 76.6. The lowest BCUT2D eigenvalue weighted by Gasteiger charge is -2.37. The number of hydrogen-bond acceptors (Lipinski definition) is 5. The Labute approximate surface area is 229 Å². The predicted molar refractivity (Wildman–Crippen MR) is 139 cm³/mol. The van der Waals surface area contributed by atoms with Crippen LogP contribution in [0.5, 0.6) is 0 Å². The van der Waals surface area contributed by atoms with Gasteiger partial charge in [0.05, 0.1) is 32.9 Å². The van der Waals surface area contributed by atoms with Crippen molar-refractivity contribution in [1.29, 1.82) is 0 Å². The molecule has 3 rings (SSSR count). The van der Waals surface area contributed by atoms with Crippen molar-refractivity contribution in [1.82, 2.24) is 9.80 Å². The van der Waals surface area contributed by atoms with Crippen LogP contribution < -0.4 is 5.73 Å². The molecule has 0 bridgehead atoms. The molecule has 1 fully saturated rings. The summed E-state index contributed by atoms with van der Waals surface area (Å²) in [5, 5.41) is 0.0386. The molecule has 2 N–H and O–H groups in total. The highest BCUT2D eigenvalue weighted by molar-refractivity contribution is 7.91. The summed E-state index contributed by atoms with van der Waals surface area (Å²) in [4.78, 5) is 16.8. The molecule has 1 amide bonds. The molecule has 1 aliphatic heterocycles. The SMILES string of the molecule is CN(Cc1ccc(C(F)(F)F)c(F)c1)C(=O)C(CCN1CCC(S(C)(=O)=O)CC1N)c1ccc(Cl)c(Cl)c1. The number of benzene rings is 2. The van der Waals surface area contributed by atoms with Crippen molar-refractivity contribution >= 4 is 38.9 Å². The van der Waals surface area contributed by atoms with Crippen LogP contribution in [0.4, 0.5) is 17.6 Å². The summed E-state index contributed by atoms with van der Waals surface area (Å²) in [6.45, 7) is 0.712. The standard InChI is InChI=1S/C25H29Cl2F4N3O3S/c1-33(14-15-3-5-19(22(28)11-15)25(29,30)31)24(35)18(16-4-6-20(26)21(27)12-16)8-10-34-9-7-17(13-23(34)32)38(2,36)37/h3-6,11-12,17-18,23H,7-10,13-14,32H2,1-2H3. The van der Waals surface area contributed by atoms with Gasteiger partial charge in [0, 0.05) is 32.9 Å². The zero-order valence-electron chi connectivity index (χ0n) is 20.8. The first-order valence-electron chi connectivity index (χ1n) is 11.8. The highest BCUT2D eigenvalue weighted by atomic mass is 35.5. The number of nitrogens with two attached hydrogens (primary N) is 1. The van der Waals surface area contributed by atoms with E-state index < -0.39 is 44.7 Å². The van der Waals surface area contributed by atoms with E-state index in [1.165, 1.54) is 18.2 Å². The van der Waals surface area contributed by atoms with Gasteiger partial charge >= 0.3 is 6.18 Å². The Morgan fingerprint density at radius 2 is 1.87 bits per heavy atom. The molecule has 6 nitrogen and oxygen atoms in total. The van der Waals surface area contributed by atoms with Crippen molar-refractivity contribution in [2.45, 2.75) is 49.3 Å². The number of carbonyl (C=O) groups excluding carboxylic acids is 1. The van der Waals surface area contributed by atoms with Crippen LogP contribution in [0.1, 0.15) is 41.9 Å². The van der Waals surface area contributed by atoms with Gasteiger partial charge in [-0.1, -0.05) is 35.3 Å². The number of likely N-dealkylation sites (N-methyl/N-ethyl adjacent to an activating group) is 1. The first kappa shape index (κ1) is 30.6. The minimum absolute atomic E-state index is 0.120. The number of halogens is 6. The number of alkyl halides is 3. The van der Waals surface area contributed by atoms with E-state index in [9.17, 15) is 30.8 Å². The Balaban J connectivity index is 1.78. The molecule has 0 spiro atoms. The van der Waals surface area contributed by atoms with Crippen molar-refractivity contribution in [3.8, 4) is 0 Å². The van der Waals surface area contributed by atoms with Gasteiger partial charge in [0.15, 0.2) is 0 Å². The second kappa shape index (κ2) is 12.1. The number of likely N-dealkylation sites (tertiary alicyclic amines) is 1. The molecule has 3 unspecified atom stereocenters. The summed E-state index contributed by atoms with van der Waals surface area (Å²) in [6, 6.07) is 7.36. The molecule has 0 aromatic heterocycles. The Morgan fingerprint density at radius 1 is 1.18 bits per heavy atom. The molecule has 1 saturated heterocycles. The Morgan fingerprint density at radius 3 is 2.42 bits per heavy atom. The number of rotatable bonds is 8. The van der Waals surface area contributed by atoms with Crippen molar-refractivity contribution in [3.05, 3.63) is 69.0 Å². The Hall–Kier alpha value is -1.92. The normalized spacial score (nSPS) is 19.8. The maximum absolute atomic E-state index is 14.1. The molecule has 13 heteroatoms. The molecule has 38 heavy (non-hydrogen) atoms. The van der Waals surface area contributed by atoms with E-state index in [0.29, 0.717) is 42.6 Å². The largest absolute Gasteiger partial charge is 0.419 e. The van der Waals surface area contributed by atoms with E-state index in [-0.39, 0.29) is 29.5 Å². The van der Waals surface area contributed by atoms with Crippen molar-refractivity contribution in [2.24, 2.45) is 5.73 Å². The first-order valence-corrected chi connectivity index (χ1v) is 14.5. The minimum atomic E-state index is -4.82. The maximum atomic E-state index is 14.1. The van der Waals surface area contributed by atoms with Crippen LogP contribution in [-0.2, 0) is 27.4 Å². The second-order valence-electron chi connectivity index (χ2n) is 9.60. The lowest BCUT2D eigenvalue weighted by Crippen LogP contribution is -2.51. The minimum Gasteiger partial charge on any atom is -0.341 e. The zero-order chi connectivity index (χ0) is 28.4. The number of sulfone groups is 1. The average molecular weight is 598 g/mol. The third-order valence-electron chi connectivity index (χ3n) is 6.80. The van der Waals surface area contributed by atoms with Crippen LogP contribution >= 0.6 is 23.2 Å². The number of piperidine rings is 1. The van der Waals surface area contributed by atoms with Crippen LogP contribution in [0.25, 0.3) is 0 Å². The third-order valence-corrected chi connectivity index (χ3v) is 9.18. The number of hydrogen-bond donors (Lipinski definition) is 1. The molecule has 1 aliphatic rings. The number of nitrogens with zero attached hydrogens (tertiary/aromatic N) is 2. The van der Waals surface area contributed by atoms with Crippen LogP contribution in [0.2, 0.25) is 10.0 Å². The lowest BCUT2D eigenvalue weighted by atomic mass is 9.93. The fourth-order valence-corrected chi connectivity index (χ4v) is 6.03. The molecule has 3 atom stereocenters. The maximum Gasteiger partial charge on any atom is 0.419 e. The molecule has 2 aromatic rings. The van der Waals surface area contributed by atoms with Crippen LogP contribution in [0, 0.1) is 5.82 Å². The third kappa shape index (κ3) is 7.59. The summed E-state index contributed by atoms with van der Waals surface area (Å²) in [6.07, 6.45) is -3.11. The Kier molecular flexibility index (Phi) is 9.73. The summed E-state index contributed by atoms with van der Waals surface area (Å²) in [5.74, 6) is -2.49. The van der Waals surface area contributed by atoms with Gasteiger partial charge in [-0.3, -0.25) is 9.69 Å². The van der Waals surface area contributed by atoms with E-state index in [1.807, 2.05) is 4.90 Å². The Bertz CT molecular complexity index is 1280. The van der Waals surface area contributed by atoms with Crippen molar-refractivity contribution in [2.75, 3.05) is 26.4 Å². The fourth-order valence-electron chi connectivity index (χ4n) is 4.64. The van der Waals surface area contributed by atoms with E-state index in [4.69, 9.17) is 28.9 Å². The van der Waals surface area contributed by atoms with Gasteiger partial charge in [0.25, 0.3) is 0 Å². The van der Waals surface area contributed by atoms with Crippen molar-refractivity contribution in [3.63, 3.8) is 0 Å². The van der Waals surface area contributed by atoms with Gasteiger partial charge in [0.1, 0.15) is 15.7 Å². The monoisotopic (exact) mass is 597 g/mol. The molecule has 0 aliphatic carbocycles. The van der Waals surface area contributed by atoms with E-state index in [0.717, 1.165) is 12.1 Å². The summed E-state index contributed by atoms with van der Waals surface area (Å²) in [7, 11) is -1.74. The first-order chi connectivity index (χ1) is 17.6. The van der Waals surface area contributed by atoms with Gasteiger partial charge in [-0.25, -0.2) is 12.8 Å². The van der Waals surface area contributed by atoms with Crippen LogP contribution in [0.3, 0.4) is 0 Å². The van der Waals surface area contributed by atoms with Crippen LogP contribution in [0.15, 0.2) is 36.4 Å². The van der Waals surface area contributed by atoms with Gasteiger partial charge in [-0.2, -0.15) is 13.2 Å². The topological polar surface area (TPSA) is 83.7 Å². The van der Waals surface area contributed by atoms with E-state index in [1.54, 1.807) is 18.2 Å². The molecular formula is C25H29Cl2F4N3O3S. The predicted octanol–water partition coefficient (Wildman–Crippen LogP) is 5.08. The van der Waals surface area contributed by atoms with Gasteiger partial charge < -0.3 is 10.6 Å². The quantitative estimate of drug-likeness (QED) is 0.429. The van der Waals surface area contributed by atoms with Gasteiger partial charge in [-0.05, 0) is 54.7 Å². The summed E-state index contributed by atoms with van der Waals surface area (Å²) >= 11 is 12.2. The van der Waals surface area contributed by atoms with Gasteiger partial charge in [0.2, 0.25) is 5.91 Å². The molecule has 2 aromatic carbocycles.